The lowest BCUT2D eigenvalue weighted by atomic mass is 10.1. The first kappa shape index (κ1) is 16.9. The van der Waals surface area contributed by atoms with Gasteiger partial charge < -0.3 is 10.1 Å². The summed E-state index contributed by atoms with van der Waals surface area (Å²) in [6.07, 6.45) is 1.10. The molecule has 0 spiro atoms. The molecule has 0 bridgehead atoms. The quantitative estimate of drug-likeness (QED) is 0.885. The molecular formula is C15H22N2O4S. The predicted octanol–water partition coefficient (Wildman–Crippen LogP) is 1.88. The maximum atomic E-state index is 12.3. The smallest absolute Gasteiger partial charge is 0.253 e. The summed E-state index contributed by atoms with van der Waals surface area (Å²) in [5.41, 5.74) is -0.132. The number of amides is 1. The molecule has 0 aliphatic carbocycles. The zero-order valence-corrected chi connectivity index (χ0v) is 13.9. The molecule has 7 heteroatoms. The van der Waals surface area contributed by atoms with Crippen LogP contribution >= 0.6 is 0 Å². The highest BCUT2D eigenvalue weighted by Crippen LogP contribution is 2.19. The van der Waals surface area contributed by atoms with E-state index in [-0.39, 0.29) is 10.8 Å². The van der Waals surface area contributed by atoms with Gasteiger partial charge in [-0.25, -0.2) is 13.1 Å². The molecule has 1 aromatic carbocycles. The van der Waals surface area contributed by atoms with Crippen molar-refractivity contribution >= 4 is 21.6 Å². The lowest BCUT2D eigenvalue weighted by Crippen LogP contribution is -2.40. The summed E-state index contributed by atoms with van der Waals surface area (Å²) in [6, 6.07) is 6.20. The number of carbonyl (C=O) groups is 1. The van der Waals surface area contributed by atoms with Gasteiger partial charge in [0, 0.05) is 17.8 Å². The van der Waals surface area contributed by atoms with E-state index in [0.29, 0.717) is 18.7 Å². The van der Waals surface area contributed by atoms with Crippen LogP contribution in [0, 0.1) is 0 Å². The maximum absolute atomic E-state index is 12.3. The van der Waals surface area contributed by atoms with Crippen LogP contribution in [0.4, 0.5) is 5.69 Å². The van der Waals surface area contributed by atoms with Crippen LogP contribution in [0.15, 0.2) is 29.2 Å². The van der Waals surface area contributed by atoms with Crippen LogP contribution in [0.5, 0.6) is 0 Å². The Bertz CT molecular complexity index is 644. The summed E-state index contributed by atoms with van der Waals surface area (Å²) in [4.78, 5) is 12.1. The van der Waals surface area contributed by atoms with Crippen molar-refractivity contribution in [3.8, 4) is 0 Å². The van der Waals surface area contributed by atoms with E-state index >= 15 is 0 Å². The molecule has 0 radical (unpaired) electrons. The molecule has 0 aromatic heterocycles. The van der Waals surface area contributed by atoms with Crippen LogP contribution in [-0.4, -0.2) is 32.6 Å². The monoisotopic (exact) mass is 326 g/mol. The average Bonchev–Trinajstić information content (AvgIpc) is 2.90. The normalized spacial score (nSPS) is 19.1. The Morgan fingerprint density at radius 3 is 2.64 bits per heavy atom. The van der Waals surface area contributed by atoms with Gasteiger partial charge in [0.05, 0.1) is 4.90 Å². The Morgan fingerprint density at radius 1 is 1.32 bits per heavy atom. The topological polar surface area (TPSA) is 84.5 Å². The summed E-state index contributed by atoms with van der Waals surface area (Å²) >= 11 is 0. The second-order valence-electron chi connectivity index (χ2n) is 6.37. The molecular weight excluding hydrogens is 304 g/mol. The zero-order chi connectivity index (χ0) is 16.4. The standard InChI is InChI=1S/C15H22N2O4S/c1-15(2,3)17-22(19,20)12-7-4-6-11(10-12)16-14(18)13-8-5-9-21-13/h4,6-7,10,13,17H,5,8-9H2,1-3H3,(H,16,18). The van der Waals surface area contributed by atoms with E-state index in [2.05, 4.69) is 10.0 Å². The summed E-state index contributed by atoms with van der Waals surface area (Å²) < 4.78 is 32.5. The van der Waals surface area contributed by atoms with E-state index in [9.17, 15) is 13.2 Å². The Labute approximate surface area is 131 Å². The first-order valence-corrected chi connectivity index (χ1v) is 8.72. The molecule has 1 fully saturated rings. The van der Waals surface area contributed by atoms with Crippen molar-refractivity contribution in [3.05, 3.63) is 24.3 Å². The minimum absolute atomic E-state index is 0.118. The van der Waals surface area contributed by atoms with Gasteiger partial charge in [-0.3, -0.25) is 4.79 Å². The molecule has 2 rings (SSSR count). The Balaban J connectivity index is 2.14. The molecule has 22 heavy (non-hydrogen) atoms. The minimum atomic E-state index is -3.63. The summed E-state index contributed by atoms with van der Waals surface area (Å²) in [5.74, 6) is -0.240. The third-order valence-electron chi connectivity index (χ3n) is 3.07. The molecule has 1 saturated heterocycles. The number of benzene rings is 1. The second-order valence-corrected chi connectivity index (χ2v) is 8.06. The third-order valence-corrected chi connectivity index (χ3v) is 4.83. The van der Waals surface area contributed by atoms with E-state index < -0.39 is 21.7 Å². The Morgan fingerprint density at radius 2 is 2.05 bits per heavy atom. The summed E-state index contributed by atoms with van der Waals surface area (Å²) in [7, 11) is -3.63. The van der Waals surface area contributed by atoms with Gasteiger partial charge in [0.1, 0.15) is 6.10 Å². The molecule has 1 aromatic rings. The van der Waals surface area contributed by atoms with E-state index in [0.717, 1.165) is 6.42 Å². The van der Waals surface area contributed by atoms with Crippen molar-refractivity contribution in [2.75, 3.05) is 11.9 Å². The van der Waals surface area contributed by atoms with Gasteiger partial charge in [-0.15, -0.1) is 0 Å². The number of nitrogens with one attached hydrogen (secondary N) is 2. The highest BCUT2D eigenvalue weighted by molar-refractivity contribution is 7.89. The first-order chi connectivity index (χ1) is 10.2. The summed E-state index contributed by atoms with van der Waals surface area (Å²) in [5, 5.41) is 2.70. The largest absolute Gasteiger partial charge is 0.368 e. The molecule has 122 valence electrons. The molecule has 0 saturated carbocycles. The lowest BCUT2D eigenvalue weighted by Gasteiger charge is -2.20. The van der Waals surface area contributed by atoms with Gasteiger partial charge in [-0.05, 0) is 51.8 Å². The molecule has 1 unspecified atom stereocenters. The Kier molecular flexibility index (Phi) is 4.89. The SMILES string of the molecule is CC(C)(C)NS(=O)(=O)c1cccc(NC(=O)C2CCCO2)c1. The molecule has 1 heterocycles. The van der Waals surface area contributed by atoms with Crippen molar-refractivity contribution in [3.63, 3.8) is 0 Å². The third kappa shape index (κ3) is 4.53. The van der Waals surface area contributed by atoms with Crippen molar-refractivity contribution in [1.82, 2.24) is 4.72 Å². The number of rotatable bonds is 4. The fraction of sp³-hybridized carbons (Fsp3) is 0.533. The molecule has 1 aliphatic rings. The first-order valence-electron chi connectivity index (χ1n) is 7.24. The van der Waals surface area contributed by atoms with Gasteiger partial charge in [0.25, 0.3) is 5.91 Å². The van der Waals surface area contributed by atoms with Crippen LogP contribution < -0.4 is 10.0 Å². The number of carbonyl (C=O) groups excluding carboxylic acids is 1. The number of hydrogen-bond donors (Lipinski definition) is 2. The van der Waals surface area contributed by atoms with E-state index in [1.807, 2.05) is 0 Å². The minimum Gasteiger partial charge on any atom is -0.368 e. The second kappa shape index (κ2) is 6.36. The molecule has 2 N–H and O–H groups in total. The lowest BCUT2D eigenvalue weighted by molar-refractivity contribution is -0.124. The number of anilines is 1. The Hall–Kier alpha value is -1.44. The molecule has 1 aliphatic heterocycles. The van der Waals surface area contributed by atoms with Gasteiger partial charge in [0.15, 0.2) is 0 Å². The molecule has 1 amide bonds. The van der Waals surface area contributed by atoms with Crippen molar-refractivity contribution in [2.45, 2.75) is 50.2 Å². The molecule has 1 atom stereocenters. The number of ether oxygens (including phenoxy) is 1. The van der Waals surface area contributed by atoms with Crippen LogP contribution in [-0.2, 0) is 19.6 Å². The fourth-order valence-electron chi connectivity index (χ4n) is 2.21. The van der Waals surface area contributed by atoms with E-state index in [1.165, 1.54) is 12.1 Å². The van der Waals surface area contributed by atoms with E-state index in [4.69, 9.17) is 4.74 Å². The van der Waals surface area contributed by atoms with Crippen LogP contribution in [0.3, 0.4) is 0 Å². The fourth-order valence-corrected chi connectivity index (χ4v) is 3.67. The van der Waals surface area contributed by atoms with Gasteiger partial charge in [-0.2, -0.15) is 0 Å². The molecule has 6 nitrogen and oxygen atoms in total. The summed E-state index contributed by atoms with van der Waals surface area (Å²) in [6.45, 7) is 5.90. The van der Waals surface area contributed by atoms with Gasteiger partial charge in [-0.1, -0.05) is 6.07 Å². The average molecular weight is 326 g/mol. The number of hydrogen-bond acceptors (Lipinski definition) is 4. The van der Waals surface area contributed by atoms with Crippen molar-refractivity contribution in [1.29, 1.82) is 0 Å². The zero-order valence-electron chi connectivity index (χ0n) is 13.0. The van der Waals surface area contributed by atoms with Crippen LogP contribution in [0.2, 0.25) is 0 Å². The predicted molar refractivity (Wildman–Crippen MR) is 84.1 cm³/mol. The van der Waals surface area contributed by atoms with Crippen LogP contribution in [0.25, 0.3) is 0 Å². The van der Waals surface area contributed by atoms with Crippen molar-refractivity contribution < 1.29 is 17.9 Å². The highest BCUT2D eigenvalue weighted by Gasteiger charge is 2.25. The maximum Gasteiger partial charge on any atom is 0.253 e. The van der Waals surface area contributed by atoms with Crippen molar-refractivity contribution in [2.24, 2.45) is 0 Å². The number of sulfonamides is 1. The van der Waals surface area contributed by atoms with Gasteiger partial charge >= 0.3 is 0 Å². The highest BCUT2D eigenvalue weighted by atomic mass is 32.2. The van der Waals surface area contributed by atoms with Crippen LogP contribution in [0.1, 0.15) is 33.6 Å². The van der Waals surface area contributed by atoms with Gasteiger partial charge in [0.2, 0.25) is 10.0 Å². The van der Waals surface area contributed by atoms with E-state index in [1.54, 1.807) is 32.9 Å².